The Kier molecular flexibility index (Phi) is 6.31. The van der Waals surface area contributed by atoms with Crippen molar-refractivity contribution in [3.63, 3.8) is 0 Å². The molecule has 2 aliphatic carbocycles. The first-order chi connectivity index (χ1) is 14.1. The second-order valence-corrected chi connectivity index (χ2v) is 8.42. The van der Waals surface area contributed by atoms with Gasteiger partial charge < -0.3 is 4.74 Å². The van der Waals surface area contributed by atoms with Crippen LogP contribution in [0.4, 0.5) is 8.78 Å². The smallest absolute Gasteiger partial charge is 0.160 e. The number of benzene rings is 2. The van der Waals surface area contributed by atoms with Crippen LogP contribution in [0.2, 0.25) is 0 Å². The van der Waals surface area contributed by atoms with Crippen LogP contribution >= 0.6 is 0 Å². The molecule has 4 atom stereocenters. The summed E-state index contributed by atoms with van der Waals surface area (Å²) in [7, 11) is 0. The zero-order valence-electron chi connectivity index (χ0n) is 17.0. The van der Waals surface area contributed by atoms with Gasteiger partial charge in [0, 0.05) is 17.7 Å². The fourth-order valence-electron chi connectivity index (χ4n) is 5.09. The minimum Gasteiger partial charge on any atom is -0.378 e. The molecule has 4 rings (SSSR count). The lowest BCUT2D eigenvalue weighted by molar-refractivity contribution is -0.00955. The Morgan fingerprint density at radius 2 is 1.52 bits per heavy atom. The molecule has 2 aromatic carbocycles. The third-order valence-electron chi connectivity index (χ3n) is 6.62. The number of hydrogen-bond acceptors (Lipinski definition) is 1. The van der Waals surface area contributed by atoms with Gasteiger partial charge in [0.15, 0.2) is 11.6 Å². The molecule has 2 saturated carbocycles. The van der Waals surface area contributed by atoms with E-state index in [9.17, 15) is 8.78 Å². The van der Waals surface area contributed by atoms with Crippen LogP contribution in [0.1, 0.15) is 68.1 Å². The molecule has 0 saturated heterocycles. The van der Waals surface area contributed by atoms with Crippen LogP contribution in [0.15, 0.2) is 42.5 Å². The molecular formula is C26H28F2O. The first-order valence-corrected chi connectivity index (χ1v) is 10.8. The van der Waals surface area contributed by atoms with Crippen molar-refractivity contribution in [2.75, 3.05) is 6.61 Å². The summed E-state index contributed by atoms with van der Waals surface area (Å²) >= 11 is 0. The third kappa shape index (κ3) is 4.87. The Morgan fingerprint density at radius 1 is 0.828 bits per heavy atom. The molecule has 2 fully saturated rings. The van der Waals surface area contributed by atoms with Crippen LogP contribution in [0.3, 0.4) is 0 Å². The van der Waals surface area contributed by atoms with Crippen molar-refractivity contribution in [2.45, 2.75) is 57.5 Å². The zero-order valence-corrected chi connectivity index (χ0v) is 17.0. The van der Waals surface area contributed by atoms with E-state index >= 15 is 0 Å². The van der Waals surface area contributed by atoms with E-state index in [4.69, 9.17) is 4.74 Å². The van der Waals surface area contributed by atoms with E-state index in [1.165, 1.54) is 50.2 Å². The monoisotopic (exact) mass is 394 g/mol. The van der Waals surface area contributed by atoms with Crippen molar-refractivity contribution >= 4 is 0 Å². The topological polar surface area (TPSA) is 9.23 Å². The largest absolute Gasteiger partial charge is 0.378 e. The Bertz CT molecular complexity index is 893. The Balaban J connectivity index is 1.38. The molecule has 0 radical (unpaired) electrons. The summed E-state index contributed by atoms with van der Waals surface area (Å²) in [5.74, 6) is 6.54. The van der Waals surface area contributed by atoms with Gasteiger partial charge in [0.25, 0.3) is 0 Å². The molecule has 2 aromatic rings. The Labute approximate surface area is 172 Å². The fourth-order valence-corrected chi connectivity index (χ4v) is 5.09. The molecule has 3 heteroatoms. The van der Waals surface area contributed by atoms with Crippen molar-refractivity contribution in [3.05, 3.63) is 70.8 Å². The highest BCUT2D eigenvalue weighted by Crippen LogP contribution is 2.46. The van der Waals surface area contributed by atoms with Crippen LogP contribution in [0.5, 0.6) is 0 Å². The van der Waals surface area contributed by atoms with Gasteiger partial charge in [0.1, 0.15) is 0 Å². The highest BCUT2D eigenvalue weighted by molar-refractivity contribution is 5.44. The summed E-state index contributed by atoms with van der Waals surface area (Å²) in [5.41, 5.74) is 2.77. The van der Waals surface area contributed by atoms with Crippen molar-refractivity contribution < 1.29 is 13.5 Å². The summed E-state index contributed by atoms with van der Waals surface area (Å²) in [4.78, 5) is 0. The Morgan fingerprint density at radius 3 is 2.28 bits per heavy atom. The highest BCUT2D eigenvalue weighted by atomic mass is 19.2. The zero-order chi connectivity index (χ0) is 20.2. The van der Waals surface area contributed by atoms with Crippen molar-refractivity contribution in [1.29, 1.82) is 0 Å². The van der Waals surface area contributed by atoms with E-state index < -0.39 is 11.6 Å². The summed E-state index contributed by atoms with van der Waals surface area (Å²) in [6, 6.07) is 12.2. The van der Waals surface area contributed by atoms with Gasteiger partial charge >= 0.3 is 0 Å². The molecule has 0 aliphatic heterocycles. The van der Waals surface area contributed by atoms with Crippen LogP contribution in [0.25, 0.3) is 0 Å². The molecule has 0 N–H and O–H groups in total. The number of hydrogen-bond donors (Lipinski definition) is 0. The van der Waals surface area contributed by atoms with Gasteiger partial charge in [-0.3, -0.25) is 0 Å². The van der Waals surface area contributed by atoms with E-state index in [-0.39, 0.29) is 0 Å². The summed E-state index contributed by atoms with van der Waals surface area (Å²) in [6.07, 6.45) is 8.05. The van der Waals surface area contributed by atoms with E-state index in [1.807, 2.05) is 12.1 Å². The van der Waals surface area contributed by atoms with Gasteiger partial charge in [-0.1, -0.05) is 24.0 Å². The highest BCUT2D eigenvalue weighted by Gasteiger charge is 2.36. The van der Waals surface area contributed by atoms with Gasteiger partial charge in [0.2, 0.25) is 0 Å². The predicted molar refractivity (Wildman–Crippen MR) is 112 cm³/mol. The maximum Gasteiger partial charge on any atom is 0.160 e. The lowest BCUT2D eigenvalue weighted by Crippen LogP contribution is -2.33. The number of ether oxygens (including phenoxy) is 1. The third-order valence-corrected chi connectivity index (χ3v) is 6.62. The first-order valence-electron chi connectivity index (χ1n) is 10.8. The number of halogens is 2. The molecule has 29 heavy (non-hydrogen) atoms. The minimum atomic E-state index is -0.863. The van der Waals surface area contributed by atoms with Crippen LogP contribution < -0.4 is 0 Å². The summed E-state index contributed by atoms with van der Waals surface area (Å²) in [5, 5.41) is 0. The molecular weight excluding hydrogens is 366 g/mol. The number of rotatable bonds is 3. The molecule has 0 aromatic heterocycles. The molecule has 152 valence electrons. The average molecular weight is 395 g/mol. The average Bonchev–Trinajstić information content (AvgIpc) is 2.75. The van der Waals surface area contributed by atoms with E-state index in [1.54, 1.807) is 0 Å². The molecule has 0 spiro atoms. The van der Waals surface area contributed by atoms with Crippen molar-refractivity contribution in [3.8, 4) is 11.8 Å². The quantitative estimate of drug-likeness (QED) is 0.543. The molecule has 0 amide bonds. The van der Waals surface area contributed by atoms with Gasteiger partial charge in [-0.2, -0.15) is 0 Å². The van der Waals surface area contributed by atoms with Crippen LogP contribution in [0, 0.1) is 35.3 Å². The molecule has 0 bridgehead atoms. The second-order valence-electron chi connectivity index (χ2n) is 8.42. The maximum absolute atomic E-state index is 13.3. The predicted octanol–water partition coefficient (Wildman–Crippen LogP) is 6.45. The Hall–Kier alpha value is -2.18. The van der Waals surface area contributed by atoms with Crippen LogP contribution in [-0.2, 0) is 4.74 Å². The minimum absolute atomic E-state index is 0.477. The molecule has 0 heterocycles. The van der Waals surface area contributed by atoms with E-state index in [0.717, 1.165) is 36.1 Å². The second kappa shape index (κ2) is 9.09. The van der Waals surface area contributed by atoms with Crippen molar-refractivity contribution in [2.24, 2.45) is 11.8 Å². The normalized spacial score (nSPS) is 26.3. The van der Waals surface area contributed by atoms with Crippen molar-refractivity contribution in [1.82, 2.24) is 0 Å². The molecule has 1 nitrogen and oxygen atoms in total. The number of fused-ring (bicyclic) bond motifs is 1. The molecule has 4 unspecified atom stereocenters. The van der Waals surface area contributed by atoms with Gasteiger partial charge in [-0.15, -0.1) is 0 Å². The van der Waals surface area contributed by atoms with E-state index in [2.05, 4.69) is 30.9 Å². The fraction of sp³-hybridized carbons (Fsp3) is 0.462. The first kappa shape index (κ1) is 20.1. The van der Waals surface area contributed by atoms with Crippen LogP contribution in [-0.4, -0.2) is 12.7 Å². The van der Waals surface area contributed by atoms with Gasteiger partial charge in [0.05, 0.1) is 6.10 Å². The standard InChI is InChI=1S/C26H28F2O/c1-2-29-24-13-12-22-16-21(10-11-23(22)17-24)20-8-5-18(6-9-20)3-4-19-7-14-25(27)26(28)15-19/h5-9,14-15,21-24H,2,10-13,16-17H2,1H3. The lowest BCUT2D eigenvalue weighted by atomic mass is 9.65. The lowest BCUT2D eigenvalue weighted by Gasteiger charge is -2.42. The van der Waals surface area contributed by atoms with Gasteiger partial charge in [-0.05, 0) is 99.1 Å². The van der Waals surface area contributed by atoms with E-state index in [0.29, 0.717) is 17.6 Å². The van der Waals surface area contributed by atoms with Gasteiger partial charge in [-0.25, -0.2) is 8.78 Å². The maximum atomic E-state index is 13.3. The summed E-state index contributed by atoms with van der Waals surface area (Å²) in [6.45, 7) is 2.92. The molecule has 2 aliphatic rings. The SMILES string of the molecule is CCOC1CCC2CC(c3ccc(C#Cc4ccc(F)c(F)c4)cc3)CCC2C1. The summed E-state index contributed by atoms with van der Waals surface area (Å²) < 4.78 is 32.2.